The molecule has 0 aromatic heterocycles. The van der Waals surface area contributed by atoms with Crippen molar-refractivity contribution in [3.8, 4) is 0 Å². The van der Waals surface area contributed by atoms with Crippen molar-refractivity contribution in [3.63, 3.8) is 0 Å². The lowest BCUT2D eigenvalue weighted by Gasteiger charge is -2.43. The van der Waals surface area contributed by atoms with Gasteiger partial charge in [-0.15, -0.1) is 0 Å². The monoisotopic (exact) mass is 810 g/mol. The molecule has 2 atom stereocenters. The molecule has 0 saturated carbocycles. The Hall–Kier alpha value is -0.380. The Kier molecular flexibility index (Phi) is 35.5. The molecule has 54 heavy (non-hydrogen) atoms. The fourth-order valence-corrected chi connectivity index (χ4v) is 12.4. The molecule has 0 radical (unpaired) electrons. The highest BCUT2D eigenvalue weighted by Gasteiger charge is 2.51. The lowest BCUT2D eigenvalue weighted by Crippen LogP contribution is -2.65. The summed E-state index contributed by atoms with van der Waals surface area (Å²) in [5.41, 5.74) is 23.5. The Morgan fingerprint density at radius 3 is 1.13 bits per heavy atom. The van der Waals surface area contributed by atoms with Gasteiger partial charge in [0.15, 0.2) is 19.7 Å². The largest absolute Gasteiger partial charge is 0.330 e. The van der Waals surface area contributed by atoms with Crippen LogP contribution in [0.5, 0.6) is 0 Å². The SMILES string of the molecule is CCCCCCCCCCS(=O)(=O)C(CCN)C(N)(CCCNCCCNCCCCNCCCCN)C(CCN)S(=O)(=O)CCCCCCCCCC. The van der Waals surface area contributed by atoms with Crippen molar-refractivity contribution < 1.29 is 16.8 Å². The van der Waals surface area contributed by atoms with Gasteiger partial charge in [0.05, 0.1) is 22.0 Å². The van der Waals surface area contributed by atoms with Gasteiger partial charge in [0.2, 0.25) is 0 Å². The normalized spacial score (nSPS) is 14.7. The molecule has 0 aromatic rings. The van der Waals surface area contributed by atoms with Gasteiger partial charge in [0.25, 0.3) is 0 Å². The summed E-state index contributed by atoms with van der Waals surface area (Å²) < 4.78 is 56.7. The third-order valence-electron chi connectivity index (χ3n) is 10.9. The Labute approximate surface area is 335 Å². The summed E-state index contributed by atoms with van der Waals surface area (Å²) >= 11 is 0. The quantitative estimate of drug-likeness (QED) is 0.0373. The Morgan fingerprint density at radius 2 is 0.759 bits per heavy atom. The number of nitrogens with two attached hydrogens (primary N) is 4. The number of hydrogen-bond acceptors (Lipinski definition) is 11. The van der Waals surface area contributed by atoms with E-state index in [-0.39, 0.29) is 43.9 Å². The summed E-state index contributed by atoms with van der Waals surface area (Å²) in [6, 6.07) is 0. The Morgan fingerprint density at radius 1 is 0.426 bits per heavy atom. The molecule has 11 N–H and O–H groups in total. The number of hydrogen-bond donors (Lipinski definition) is 7. The molecule has 0 spiro atoms. The zero-order chi connectivity index (χ0) is 40.2. The molecule has 13 heteroatoms. The molecule has 0 amide bonds. The molecule has 0 fully saturated rings. The van der Waals surface area contributed by atoms with E-state index in [0.29, 0.717) is 25.8 Å². The van der Waals surface area contributed by atoms with Crippen molar-refractivity contribution in [1.82, 2.24) is 16.0 Å². The van der Waals surface area contributed by atoms with Crippen LogP contribution in [-0.2, 0) is 19.7 Å². The first-order valence-corrected chi connectivity index (χ1v) is 25.9. The van der Waals surface area contributed by atoms with Crippen LogP contribution in [0.2, 0.25) is 0 Å². The van der Waals surface area contributed by atoms with E-state index in [1.54, 1.807) is 0 Å². The molecule has 0 aliphatic carbocycles. The minimum absolute atomic E-state index is 0.00948. The van der Waals surface area contributed by atoms with Crippen molar-refractivity contribution in [2.75, 3.05) is 70.4 Å². The average Bonchev–Trinajstić information content (AvgIpc) is 3.14. The van der Waals surface area contributed by atoms with Crippen molar-refractivity contribution in [2.24, 2.45) is 22.9 Å². The molecule has 11 nitrogen and oxygen atoms in total. The molecule has 0 rings (SSSR count). The molecular formula is C41H91N7O4S2. The van der Waals surface area contributed by atoms with Gasteiger partial charge in [-0.1, -0.05) is 104 Å². The van der Waals surface area contributed by atoms with E-state index in [0.717, 1.165) is 110 Å². The Balaban J connectivity index is 5.45. The fourth-order valence-electron chi connectivity index (χ4n) is 7.68. The summed E-state index contributed by atoms with van der Waals surface area (Å²) in [4.78, 5) is 0. The summed E-state index contributed by atoms with van der Waals surface area (Å²) in [5, 5.41) is 8.40. The lowest BCUT2D eigenvalue weighted by molar-refractivity contribution is 0.317. The van der Waals surface area contributed by atoms with Crippen LogP contribution in [0.15, 0.2) is 0 Å². The number of rotatable bonds is 43. The van der Waals surface area contributed by atoms with Gasteiger partial charge in [-0.05, 0) is 130 Å². The van der Waals surface area contributed by atoms with Gasteiger partial charge in [0.1, 0.15) is 0 Å². The van der Waals surface area contributed by atoms with E-state index in [1.165, 1.54) is 51.4 Å². The van der Waals surface area contributed by atoms with E-state index in [4.69, 9.17) is 22.9 Å². The first kappa shape index (κ1) is 53.6. The fraction of sp³-hybridized carbons (Fsp3) is 1.00. The molecule has 326 valence electrons. The van der Waals surface area contributed by atoms with E-state index in [2.05, 4.69) is 29.8 Å². The maximum atomic E-state index is 14.2. The minimum Gasteiger partial charge on any atom is -0.330 e. The van der Waals surface area contributed by atoms with E-state index >= 15 is 0 Å². The van der Waals surface area contributed by atoms with Crippen LogP contribution in [-0.4, -0.2) is 103 Å². The maximum absolute atomic E-state index is 14.2. The van der Waals surface area contributed by atoms with Gasteiger partial charge in [0, 0.05) is 5.54 Å². The van der Waals surface area contributed by atoms with Crippen molar-refractivity contribution in [1.29, 1.82) is 0 Å². The molecule has 0 saturated heterocycles. The predicted octanol–water partition coefficient (Wildman–Crippen LogP) is 5.69. The highest BCUT2D eigenvalue weighted by Crippen LogP contribution is 2.34. The highest BCUT2D eigenvalue weighted by atomic mass is 32.2. The molecule has 0 bridgehead atoms. The van der Waals surface area contributed by atoms with E-state index in [1.807, 2.05) is 0 Å². The summed E-state index contributed by atoms with van der Waals surface area (Å²) in [6.45, 7) is 10.9. The van der Waals surface area contributed by atoms with Crippen molar-refractivity contribution >= 4 is 19.7 Å². The predicted molar refractivity (Wildman–Crippen MR) is 235 cm³/mol. The highest BCUT2D eigenvalue weighted by molar-refractivity contribution is 7.93. The van der Waals surface area contributed by atoms with Gasteiger partial charge in [-0.25, -0.2) is 16.8 Å². The summed E-state index contributed by atoms with van der Waals surface area (Å²) in [7, 11) is -7.45. The second-order valence-electron chi connectivity index (χ2n) is 15.8. The zero-order valence-electron chi connectivity index (χ0n) is 35.4. The second kappa shape index (κ2) is 35.8. The van der Waals surface area contributed by atoms with Gasteiger partial charge in [-0.3, -0.25) is 0 Å². The lowest BCUT2D eigenvalue weighted by atomic mass is 9.83. The molecule has 0 heterocycles. The molecule has 0 aliphatic rings. The first-order valence-electron chi connectivity index (χ1n) is 22.5. The second-order valence-corrected chi connectivity index (χ2v) is 20.4. The standard InChI is InChI=1S/C41H91N7O4S2/c1-3-5-7-9-11-13-15-21-37-53(49,50)39(25-29-43)41(45,40(26-30-44)54(51,52)38-22-16-14-12-10-8-6-4-2)27-23-34-48-36-24-35-47-33-20-19-32-46-31-18-17-28-42/h39-40,46-48H,3-38,42-45H2,1-2H3. The van der Waals surface area contributed by atoms with E-state index < -0.39 is 35.7 Å². The first-order chi connectivity index (χ1) is 26.1. The summed E-state index contributed by atoms with van der Waals surface area (Å²) in [6.07, 6.45) is 23.3. The Bertz CT molecular complexity index is 975. The third kappa shape index (κ3) is 26.5. The smallest absolute Gasteiger partial charge is 0.155 e. The molecule has 2 unspecified atom stereocenters. The van der Waals surface area contributed by atoms with Gasteiger partial charge in [-0.2, -0.15) is 0 Å². The third-order valence-corrected chi connectivity index (χ3v) is 15.7. The maximum Gasteiger partial charge on any atom is 0.155 e. The van der Waals surface area contributed by atoms with Crippen LogP contribution in [0.1, 0.15) is 174 Å². The van der Waals surface area contributed by atoms with Crippen LogP contribution in [0.25, 0.3) is 0 Å². The average molecular weight is 810 g/mol. The number of nitrogens with one attached hydrogen (secondary N) is 3. The molecule has 0 aromatic carbocycles. The van der Waals surface area contributed by atoms with Crippen molar-refractivity contribution in [3.05, 3.63) is 0 Å². The van der Waals surface area contributed by atoms with Crippen LogP contribution < -0.4 is 38.9 Å². The number of sulfone groups is 2. The molecule has 0 aliphatic heterocycles. The minimum atomic E-state index is -3.73. The van der Waals surface area contributed by atoms with Gasteiger partial charge < -0.3 is 38.9 Å². The zero-order valence-corrected chi connectivity index (χ0v) is 37.0. The number of unbranched alkanes of at least 4 members (excludes halogenated alkanes) is 16. The van der Waals surface area contributed by atoms with Crippen LogP contribution in [0.3, 0.4) is 0 Å². The molecular weight excluding hydrogens is 719 g/mol. The van der Waals surface area contributed by atoms with Crippen molar-refractivity contribution in [2.45, 2.75) is 190 Å². The summed E-state index contributed by atoms with van der Waals surface area (Å²) in [5.74, 6) is 0.0190. The van der Waals surface area contributed by atoms with Crippen LogP contribution in [0.4, 0.5) is 0 Å². The van der Waals surface area contributed by atoms with E-state index in [9.17, 15) is 16.8 Å². The van der Waals surface area contributed by atoms with Crippen LogP contribution >= 0.6 is 0 Å². The van der Waals surface area contributed by atoms with Gasteiger partial charge >= 0.3 is 0 Å². The topological polar surface area (TPSA) is 208 Å². The van der Waals surface area contributed by atoms with Crippen LogP contribution in [0, 0.1) is 0 Å².